The molecule has 0 aliphatic heterocycles. The molecule has 0 fully saturated rings. The van der Waals surface area contributed by atoms with Gasteiger partial charge in [-0.05, 0) is 46.3 Å². The summed E-state index contributed by atoms with van der Waals surface area (Å²) in [6, 6.07) is 10.2. The molecule has 98 valence electrons. The van der Waals surface area contributed by atoms with Crippen molar-refractivity contribution in [2.24, 2.45) is 5.73 Å². The molecular formula is C13H11BrClN3O. The predicted octanol–water partition coefficient (Wildman–Crippen LogP) is 3.53. The lowest BCUT2D eigenvalue weighted by atomic mass is 10.1. The fourth-order valence-electron chi connectivity index (χ4n) is 1.64. The van der Waals surface area contributed by atoms with E-state index in [0.29, 0.717) is 27.6 Å². The third kappa shape index (κ3) is 3.00. The molecule has 0 unspecified atom stereocenters. The van der Waals surface area contributed by atoms with Gasteiger partial charge in [-0.2, -0.15) is 0 Å². The summed E-state index contributed by atoms with van der Waals surface area (Å²) in [6.07, 6.45) is 0. The lowest BCUT2D eigenvalue weighted by molar-refractivity contribution is 0.100. The maximum atomic E-state index is 11.4. The van der Waals surface area contributed by atoms with Crippen molar-refractivity contribution in [2.45, 2.75) is 0 Å². The van der Waals surface area contributed by atoms with E-state index in [-0.39, 0.29) is 0 Å². The van der Waals surface area contributed by atoms with Crippen LogP contribution in [0, 0.1) is 0 Å². The smallest absolute Gasteiger partial charge is 0.250 e. The van der Waals surface area contributed by atoms with Gasteiger partial charge in [0.1, 0.15) is 0 Å². The Hall–Kier alpha value is -1.72. The Bertz CT molecular complexity index is 646. The summed E-state index contributed by atoms with van der Waals surface area (Å²) >= 11 is 9.34. The number of hydrogen-bond acceptors (Lipinski definition) is 3. The third-order valence-corrected chi connectivity index (χ3v) is 3.48. The third-order valence-electron chi connectivity index (χ3n) is 2.55. The van der Waals surface area contributed by atoms with E-state index >= 15 is 0 Å². The van der Waals surface area contributed by atoms with Gasteiger partial charge < -0.3 is 16.8 Å². The first-order valence-corrected chi connectivity index (χ1v) is 6.56. The molecule has 0 saturated carbocycles. The number of rotatable bonds is 3. The second-order valence-electron chi connectivity index (χ2n) is 3.88. The number of anilines is 3. The Morgan fingerprint density at radius 1 is 1.26 bits per heavy atom. The number of para-hydroxylation sites is 1. The molecular weight excluding hydrogens is 330 g/mol. The molecule has 4 nitrogen and oxygen atoms in total. The molecule has 0 heterocycles. The number of carbonyl (C=O) groups excluding carboxylic acids is 1. The number of nitrogen functional groups attached to an aromatic ring is 1. The molecule has 2 rings (SSSR count). The van der Waals surface area contributed by atoms with E-state index in [0.717, 1.165) is 4.47 Å². The van der Waals surface area contributed by atoms with Crippen molar-refractivity contribution in [3.05, 3.63) is 51.5 Å². The Morgan fingerprint density at radius 3 is 2.68 bits per heavy atom. The van der Waals surface area contributed by atoms with Gasteiger partial charge in [-0.25, -0.2) is 0 Å². The largest absolute Gasteiger partial charge is 0.397 e. The van der Waals surface area contributed by atoms with E-state index in [4.69, 9.17) is 23.1 Å². The van der Waals surface area contributed by atoms with Gasteiger partial charge in [-0.15, -0.1) is 0 Å². The number of halogens is 2. The Balaban J connectivity index is 2.49. The van der Waals surface area contributed by atoms with Gasteiger partial charge in [0.05, 0.1) is 22.6 Å². The highest BCUT2D eigenvalue weighted by Crippen LogP contribution is 2.32. The van der Waals surface area contributed by atoms with Gasteiger partial charge in [-0.1, -0.05) is 17.7 Å². The average Bonchev–Trinajstić information content (AvgIpc) is 2.35. The van der Waals surface area contributed by atoms with Crippen molar-refractivity contribution in [3.63, 3.8) is 0 Å². The normalized spacial score (nSPS) is 10.2. The van der Waals surface area contributed by atoms with Crippen LogP contribution in [0.3, 0.4) is 0 Å². The van der Waals surface area contributed by atoms with Crippen molar-refractivity contribution in [2.75, 3.05) is 11.1 Å². The molecule has 19 heavy (non-hydrogen) atoms. The minimum Gasteiger partial charge on any atom is -0.397 e. The van der Waals surface area contributed by atoms with Crippen LogP contribution in [0.2, 0.25) is 5.02 Å². The first kappa shape index (κ1) is 13.7. The van der Waals surface area contributed by atoms with Crippen LogP contribution in [-0.4, -0.2) is 5.91 Å². The Morgan fingerprint density at radius 2 is 2.00 bits per heavy atom. The topological polar surface area (TPSA) is 81.1 Å². The van der Waals surface area contributed by atoms with Crippen molar-refractivity contribution < 1.29 is 4.79 Å². The fourth-order valence-corrected chi connectivity index (χ4v) is 2.16. The number of benzene rings is 2. The van der Waals surface area contributed by atoms with Gasteiger partial charge in [0.25, 0.3) is 5.91 Å². The van der Waals surface area contributed by atoms with E-state index in [9.17, 15) is 4.79 Å². The van der Waals surface area contributed by atoms with Crippen molar-refractivity contribution in [1.82, 2.24) is 0 Å². The number of nitrogens with two attached hydrogens (primary N) is 2. The zero-order valence-electron chi connectivity index (χ0n) is 9.78. The second-order valence-corrected chi connectivity index (χ2v) is 5.17. The van der Waals surface area contributed by atoms with Gasteiger partial charge in [0.15, 0.2) is 0 Å². The first-order chi connectivity index (χ1) is 8.99. The molecule has 0 aliphatic rings. The summed E-state index contributed by atoms with van der Waals surface area (Å²) in [6.45, 7) is 0. The maximum Gasteiger partial charge on any atom is 0.250 e. The van der Waals surface area contributed by atoms with Crippen LogP contribution >= 0.6 is 27.5 Å². The van der Waals surface area contributed by atoms with Gasteiger partial charge >= 0.3 is 0 Å². The monoisotopic (exact) mass is 339 g/mol. The zero-order chi connectivity index (χ0) is 14.0. The van der Waals surface area contributed by atoms with Crippen LogP contribution < -0.4 is 16.8 Å². The molecule has 0 atom stereocenters. The van der Waals surface area contributed by atoms with Crippen LogP contribution in [-0.2, 0) is 0 Å². The van der Waals surface area contributed by atoms with E-state index < -0.39 is 5.91 Å². The summed E-state index contributed by atoms with van der Waals surface area (Å²) in [5.74, 6) is -0.548. The highest BCUT2D eigenvalue weighted by atomic mass is 79.9. The van der Waals surface area contributed by atoms with Gasteiger partial charge in [-0.3, -0.25) is 4.79 Å². The standard InChI is InChI=1S/C13H11BrClN3O/c14-9-5-4-7(15)6-11(9)18-12-8(13(17)19)2-1-3-10(12)16/h1-6,18H,16H2,(H2,17,19). The molecule has 0 radical (unpaired) electrons. The highest BCUT2D eigenvalue weighted by Gasteiger charge is 2.12. The number of carbonyl (C=O) groups is 1. The van der Waals surface area contributed by atoms with Crippen LogP contribution in [0.5, 0.6) is 0 Å². The van der Waals surface area contributed by atoms with Gasteiger partial charge in [0, 0.05) is 9.50 Å². The highest BCUT2D eigenvalue weighted by molar-refractivity contribution is 9.10. The van der Waals surface area contributed by atoms with Crippen molar-refractivity contribution in [1.29, 1.82) is 0 Å². The fraction of sp³-hybridized carbons (Fsp3) is 0. The maximum absolute atomic E-state index is 11.4. The van der Waals surface area contributed by atoms with Crippen molar-refractivity contribution >= 4 is 50.5 Å². The summed E-state index contributed by atoms with van der Waals surface area (Å²) in [5.41, 5.74) is 13.1. The second kappa shape index (κ2) is 5.50. The summed E-state index contributed by atoms with van der Waals surface area (Å²) in [7, 11) is 0. The zero-order valence-corrected chi connectivity index (χ0v) is 12.1. The lowest BCUT2D eigenvalue weighted by Gasteiger charge is -2.14. The van der Waals surface area contributed by atoms with Gasteiger partial charge in [0.2, 0.25) is 0 Å². The summed E-state index contributed by atoms with van der Waals surface area (Å²) < 4.78 is 0.801. The van der Waals surface area contributed by atoms with E-state index in [1.165, 1.54) is 0 Å². The Labute approximate surface area is 123 Å². The number of hydrogen-bond donors (Lipinski definition) is 3. The number of amides is 1. The summed E-state index contributed by atoms with van der Waals surface area (Å²) in [4.78, 5) is 11.4. The average molecular weight is 341 g/mol. The first-order valence-electron chi connectivity index (χ1n) is 5.39. The Kier molecular flexibility index (Phi) is 3.97. The SMILES string of the molecule is NC(=O)c1cccc(N)c1Nc1cc(Cl)ccc1Br. The summed E-state index contributed by atoms with van der Waals surface area (Å²) in [5, 5.41) is 3.64. The predicted molar refractivity (Wildman–Crippen MR) is 81.8 cm³/mol. The minimum absolute atomic E-state index is 0.326. The number of primary amides is 1. The molecule has 0 aromatic heterocycles. The quantitative estimate of drug-likeness (QED) is 0.748. The van der Waals surface area contributed by atoms with E-state index in [1.807, 2.05) is 0 Å². The molecule has 0 saturated heterocycles. The lowest BCUT2D eigenvalue weighted by Crippen LogP contribution is -2.14. The molecule has 5 N–H and O–H groups in total. The van der Waals surface area contributed by atoms with Crippen LogP contribution in [0.1, 0.15) is 10.4 Å². The van der Waals surface area contributed by atoms with Crippen LogP contribution in [0.4, 0.5) is 17.1 Å². The van der Waals surface area contributed by atoms with Crippen LogP contribution in [0.15, 0.2) is 40.9 Å². The van der Waals surface area contributed by atoms with E-state index in [1.54, 1.807) is 36.4 Å². The minimum atomic E-state index is -0.548. The van der Waals surface area contributed by atoms with Crippen molar-refractivity contribution in [3.8, 4) is 0 Å². The molecule has 2 aromatic carbocycles. The molecule has 0 aliphatic carbocycles. The van der Waals surface area contributed by atoms with Crippen LogP contribution in [0.25, 0.3) is 0 Å². The number of nitrogens with one attached hydrogen (secondary N) is 1. The molecule has 6 heteroatoms. The van der Waals surface area contributed by atoms with E-state index in [2.05, 4.69) is 21.2 Å². The molecule has 0 spiro atoms. The molecule has 0 bridgehead atoms. The molecule has 2 aromatic rings. The molecule has 1 amide bonds.